The van der Waals surface area contributed by atoms with Crippen molar-refractivity contribution in [3.05, 3.63) is 65.2 Å². The van der Waals surface area contributed by atoms with Crippen LogP contribution in [-0.2, 0) is 21.2 Å². The molecule has 1 aliphatic heterocycles. The highest BCUT2D eigenvalue weighted by atomic mass is 32.2. The third-order valence-electron chi connectivity index (χ3n) is 5.12. The van der Waals surface area contributed by atoms with Crippen LogP contribution in [0.3, 0.4) is 0 Å². The van der Waals surface area contributed by atoms with Crippen LogP contribution in [-0.4, -0.2) is 18.6 Å². The molecule has 2 unspecified atom stereocenters. The normalized spacial score (nSPS) is 23.0. The molecule has 24 heavy (non-hydrogen) atoms. The quantitative estimate of drug-likeness (QED) is 0.843. The van der Waals surface area contributed by atoms with Gasteiger partial charge < -0.3 is 0 Å². The van der Waals surface area contributed by atoms with E-state index in [0.29, 0.717) is 6.42 Å². The highest BCUT2D eigenvalue weighted by Crippen LogP contribution is 2.47. The maximum absolute atomic E-state index is 13.1. The number of benzene rings is 2. The minimum absolute atomic E-state index is 0.0765. The molecule has 2 atom stereocenters. The van der Waals surface area contributed by atoms with Gasteiger partial charge in [-0.2, -0.15) is 0 Å². The molecule has 1 aliphatic carbocycles. The number of rotatable bonds is 2. The summed E-state index contributed by atoms with van der Waals surface area (Å²) in [6.07, 6.45) is 2.07. The average molecular weight is 341 g/mol. The van der Waals surface area contributed by atoms with Crippen LogP contribution in [0, 0.1) is 12.8 Å². The smallest absolute Gasteiger partial charge is 0.267 e. The van der Waals surface area contributed by atoms with Crippen LogP contribution in [0.25, 0.3) is 0 Å². The summed E-state index contributed by atoms with van der Waals surface area (Å²) in [6.45, 7) is 1.91. The van der Waals surface area contributed by atoms with E-state index in [1.807, 2.05) is 31.2 Å². The second kappa shape index (κ2) is 5.45. The van der Waals surface area contributed by atoms with E-state index in [1.165, 1.54) is 0 Å². The number of carbonyl (C=O) groups excluding carboxylic acids is 1. The second-order valence-electron chi connectivity index (χ2n) is 6.65. The molecule has 0 bridgehead atoms. The van der Waals surface area contributed by atoms with Crippen LogP contribution in [0.1, 0.15) is 35.6 Å². The van der Waals surface area contributed by atoms with Gasteiger partial charge in [0.15, 0.2) is 0 Å². The number of fused-ring (bicyclic) bond motifs is 3. The monoisotopic (exact) mass is 341 g/mol. The van der Waals surface area contributed by atoms with Gasteiger partial charge in [-0.1, -0.05) is 42.0 Å². The minimum Gasteiger partial charge on any atom is -0.274 e. The van der Waals surface area contributed by atoms with Crippen molar-refractivity contribution in [2.45, 2.75) is 37.1 Å². The van der Waals surface area contributed by atoms with E-state index in [4.69, 9.17) is 0 Å². The molecule has 0 spiro atoms. The lowest BCUT2D eigenvalue weighted by Crippen LogP contribution is -2.36. The molecule has 0 aromatic heterocycles. The zero-order chi connectivity index (χ0) is 16.9. The first-order chi connectivity index (χ1) is 11.5. The first kappa shape index (κ1) is 15.4. The van der Waals surface area contributed by atoms with E-state index in [-0.39, 0.29) is 22.8 Å². The van der Waals surface area contributed by atoms with E-state index in [1.54, 1.807) is 24.3 Å². The lowest BCUT2D eigenvalue weighted by atomic mass is 9.80. The lowest BCUT2D eigenvalue weighted by Gasteiger charge is -2.33. The van der Waals surface area contributed by atoms with Crippen molar-refractivity contribution >= 4 is 15.9 Å². The Morgan fingerprint density at radius 1 is 1.04 bits per heavy atom. The average Bonchev–Trinajstić information content (AvgIpc) is 2.92. The first-order valence-electron chi connectivity index (χ1n) is 8.20. The Morgan fingerprint density at radius 2 is 1.75 bits per heavy atom. The van der Waals surface area contributed by atoms with Gasteiger partial charge in [0, 0.05) is 6.42 Å². The molecule has 124 valence electrons. The van der Waals surface area contributed by atoms with Gasteiger partial charge in [-0.25, -0.2) is 12.7 Å². The van der Waals surface area contributed by atoms with Crippen molar-refractivity contribution in [2.24, 2.45) is 5.92 Å². The fourth-order valence-corrected chi connectivity index (χ4v) is 5.55. The summed E-state index contributed by atoms with van der Waals surface area (Å²) in [5.41, 5.74) is 3.12. The van der Waals surface area contributed by atoms with Crippen molar-refractivity contribution in [1.82, 2.24) is 4.31 Å². The molecular formula is C19H19NO3S. The van der Waals surface area contributed by atoms with Crippen molar-refractivity contribution in [1.29, 1.82) is 0 Å². The molecule has 5 heteroatoms. The molecule has 2 aliphatic rings. The third kappa shape index (κ3) is 2.26. The number of sulfonamides is 1. The SMILES string of the molecule is Cc1ccc(S(=O)(=O)N2C(=O)CC3CCc4ccccc4C32)cc1. The summed E-state index contributed by atoms with van der Waals surface area (Å²) in [4.78, 5) is 12.8. The van der Waals surface area contributed by atoms with E-state index >= 15 is 0 Å². The molecule has 1 heterocycles. The predicted molar refractivity (Wildman–Crippen MR) is 90.8 cm³/mol. The minimum atomic E-state index is -3.83. The fraction of sp³-hybridized carbons (Fsp3) is 0.316. The lowest BCUT2D eigenvalue weighted by molar-refractivity contribution is -0.124. The summed E-state index contributed by atoms with van der Waals surface area (Å²) >= 11 is 0. The number of hydrogen-bond acceptors (Lipinski definition) is 3. The summed E-state index contributed by atoms with van der Waals surface area (Å²) < 4.78 is 27.4. The molecule has 0 radical (unpaired) electrons. The molecule has 4 rings (SSSR count). The Kier molecular flexibility index (Phi) is 3.49. The molecule has 1 saturated heterocycles. The molecular weight excluding hydrogens is 322 g/mol. The van der Waals surface area contributed by atoms with Crippen LogP contribution in [0.15, 0.2) is 53.4 Å². The van der Waals surface area contributed by atoms with Crippen molar-refractivity contribution < 1.29 is 13.2 Å². The molecule has 1 amide bonds. The highest BCUT2D eigenvalue weighted by molar-refractivity contribution is 7.89. The van der Waals surface area contributed by atoms with Gasteiger partial charge in [-0.05, 0) is 48.9 Å². The number of hydrogen-bond donors (Lipinski definition) is 0. The van der Waals surface area contributed by atoms with E-state index in [2.05, 4.69) is 0 Å². The van der Waals surface area contributed by atoms with Gasteiger partial charge in [0.1, 0.15) is 0 Å². The van der Waals surface area contributed by atoms with Crippen molar-refractivity contribution in [3.8, 4) is 0 Å². The Balaban J connectivity index is 1.83. The number of amides is 1. The molecule has 2 aromatic carbocycles. The highest BCUT2D eigenvalue weighted by Gasteiger charge is 2.49. The van der Waals surface area contributed by atoms with Crippen LogP contribution < -0.4 is 0 Å². The standard InChI is InChI=1S/C19H19NO3S/c1-13-6-10-16(11-7-13)24(22,23)20-18(21)12-15-9-8-14-4-2-3-5-17(14)19(15)20/h2-7,10-11,15,19H,8-9,12H2,1H3. The van der Waals surface area contributed by atoms with Crippen LogP contribution >= 0.6 is 0 Å². The number of aryl methyl sites for hydroxylation is 2. The first-order valence-corrected chi connectivity index (χ1v) is 9.64. The molecule has 4 nitrogen and oxygen atoms in total. The van der Waals surface area contributed by atoms with E-state index in [0.717, 1.165) is 33.8 Å². The third-order valence-corrected chi connectivity index (χ3v) is 6.93. The second-order valence-corrected chi connectivity index (χ2v) is 8.47. The Bertz CT molecular complexity index is 902. The Hall–Kier alpha value is -2.14. The Morgan fingerprint density at radius 3 is 2.50 bits per heavy atom. The zero-order valence-electron chi connectivity index (χ0n) is 13.5. The van der Waals surface area contributed by atoms with Gasteiger partial charge in [0.05, 0.1) is 10.9 Å². The van der Waals surface area contributed by atoms with Gasteiger partial charge in [-0.3, -0.25) is 4.79 Å². The Labute approximate surface area is 142 Å². The fourth-order valence-electron chi connectivity index (χ4n) is 3.91. The van der Waals surface area contributed by atoms with Crippen molar-refractivity contribution in [2.75, 3.05) is 0 Å². The van der Waals surface area contributed by atoms with Gasteiger partial charge in [0.2, 0.25) is 5.91 Å². The topological polar surface area (TPSA) is 54.5 Å². The number of nitrogens with zero attached hydrogens (tertiary/aromatic N) is 1. The maximum atomic E-state index is 13.1. The summed E-state index contributed by atoms with van der Waals surface area (Å²) in [5.74, 6) is -0.213. The van der Waals surface area contributed by atoms with Crippen LogP contribution in [0.4, 0.5) is 0 Å². The molecule has 0 saturated carbocycles. The maximum Gasteiger partial charge on any atom is 0.267 e. The van der Waals surface area contributed by atoms with Gasteiger partial charge in [0.25, 0.3) is 10.0 Å². The van der Waals surface area contributed by atoms with Crippen LogP contribution in [0.2, 0.25) is 0 Å². The largest absolute Gasteiger partial charge is 0.274 e. The molecule has 0 N–H and O–H groups in total. The summed E-state index contributed by atoms with van der Waals surface area (Å²) in [6, 6.07) is 14.2. The summed E-state index contributed by atoms with van der Waals surface area (Å²) in [7, 11) is -3.83. The van der Waals surface area contributed by atoms with E-state index in [9.17, 15) is 13.2 Å². The molecule has 2 aromatic rings. The van der Waals surface area contributed by atoms with Gasteiger partial charge >= 0.3 is 0 Å². The predicted octanol–water partition coefficient (Wildman–Crippen LogP) is 3.22. The molecule has 1 fully saturated rings. The zero-order valence-corrected chi connectivity index (χ0v) is 14.3. The summed E-state index contributed by atoms with van der Waals surface area (Å²) in [5, 5.41) is 0. The number of carbonyl (C=O) groups is 1. The van der Waals surface area contributed by atoms with Gasteiger partial charge in [-0.15, -0.1) is 0 Å². The van der Waals surface area contributed by atoms with Crippen molar-refractivity contribution in [3.63, 3.8) is 0 Å². The van der Waals surface area contributed by atoms with Crippen LogP contribution in [0.5, 0.6) is 0 Å². The van der Waals surface area contributed by atoms with E-state index < -0.39 is 10.0 Å².